The highest BCUT2D eigenvalue weighted by molar-refractivity contribution is 7.90. The van der Waals surface area contributed by atoms with Crippen LogP contribution >= 0.6 is 0 Å². The quantitative estimate of drug-likeness (QED) is 0.651. The van der Waals surface area contributed by atoms with E-state index in [-0.39, 0.29) is 4.90 Å². The molecule has 0 fully saturated rings. The van der Waals surface area contributed by atoms with Crippen molar-refractivity contribution in [3.8, 4) is 0 Å². The number of aromatic nitrogens is 1. The van der Waals surface area contributed by atoms with Gasteiger partial charge in [-0.15, -0.1) is 3.89 Å². The Balaban J connectivity index is 2.07. The van der Waals surface area contributed by atoms with Gasteiger partial charge in [0, 0.05) is 11.6 Å². The maximum Gasteiger partial charge on any atom is 0.325 e. The van der Waals surface area contributed by atoms with Crippen LogP contribution in [0.2, 0.25) is 0 Å². The molecule has 0 radical (unpaired) electrons. The molecular weight excluding hydrogens is 365 g/mol. The Labute approximate surface area is 145 Å². The lowest BCUT2D eigenvalue weighted by Gasteiger charge is -2.08. The van der Waals surface area contributed by atoms with Gasteiger partial charge in [0.15, 0.2) is 0 Å². The fourth-order valence-corrected chi connectivity index (χ4v) is 4.11. The van der Waals surface area contributed by atoms with Crippen molar-refractivity contribution in [2.24, 2.45) is 0 Å². The number of hydrogen-bond acceptors (Lipinski definition) is 4. The standard InChI is InChI=1S/C17H14FNO4S2/c1-13-2-5-16(6-3-13)25(22,23)19-10-8-15-12-14(4-7-17(15)19)9-11-24(18,20)21/h2-12H,1H3/b11-9+. The minimum absolute atomic E-state index is 0.170. The lowest BCUT2D eigenvalue weighted by molar-refractivity contribution is 0.563. The van der Waals surface area contributed by atoms with Gasteiger partial charge < -0.3 is 0 Å². The maximum atomic E-state index is 12.8. The first-order valence-electron chi connectivity index (χ1n) is 7.23. The summed E-state index contributed by atoms with van der Waals surface area (Å²) in [5.74, 6) is 0. The lowest BCUT2D eigenvalue weighted by Crippen LogP contribution is -2.11. The molecule has 0 atom stereocenters. The van der Waals surface area contributed by atoms with Gasteiger partial charge in [0.25, 0.3) is 10.0 Å². The average molecular weight is 379 g/mol. The number of fused-ring (bicyclic) bond motifs is 1. The summed E-state index contributed by atoms with van der Waals surface area (Å²) >= 11 is 0. The Bertz CT molecular complexity index is 1180. The Morgan fingerprint density at radius 1 is 0.960 bits per heavy atom. The van der Waals surface area contributed by atoms with Crippen molar-refractivity contribution >= 4 is 37.2 Å². The summed E-state index contributed by atoms with van der Waals surface area (Å²) in [6, 6.07) is 12.8. The number of benzene rings is 2. The van der Waals surface area contributed by atoms with Gasteiger partial charge in [0.05, 0.1) is 15.8 Å². The minimum atomic E-state index is -4.71. The zero-order valence-corrected chi connectivity index (χ0v) is 14.8. The molecule has 1 aromatic heterocycles. The van der Waals surface area contributed by atoms with Gasteiger partial charge >= 0.3 is 10.2 Å². The number of hydrogen-bond donors (Lipinski definition) is 0. The molecule has 0 saturated carbocycles. The van der Waals surface area contributed by atoms with Gasteiger partial charge in [0.1, 0.15) is 0 Å². The largest absolute Gasteiger partial charge is 0.325 e. The molecule has 3 rings (SSSR count). The monoisotopic (exact) mass is 379 g/mol. The van der Waals surface area contributed by atoms with Gasteiger partial charge in [-0.25, -0.2) is 12.4 Å². The molecule has 0 bridgehead atoms. The molecule has 3 aromatic rings. The summed E-state index contributed by atoms with van der Waals surface area (Å²) < 4.78 is 60.4. The summed E-state index contributed by atoms with van der Waals surface area (Å²) in [5.41, 5.74) is 1.84. The highest BCUT2D eigenvalue weighted by Crippen LogP contribution is 2.24. The Morgan fingerprint density at radius 2 is 1.64 bits per heavy atom. The van der Waals surface area contributed by atoms with Crippen molar-refractivity contribution in [3.63, 3.8) is 0 Å². The van der Waals surface area contributed by atoms with Crippen molar-refractivity contribution in [1.29, 1.82) is 0 Å². The topological polar surface area (TPSA) is 73.2 Å². The number of halogens is 1. The summed E-state index contributed by atoms with van der Waals surface area (Å²) in [4.78, 5) is 0.170. The Hall–Kier alpha value is -2.45. The molecule has 2 aromatic carbocycles. The minimum Gasteiger partial charge on any atom is -0.241 e. The number of aryl methyl sites for hydroxylation is 1. The van der Waals surface area contributed by atoms with E-state index >= 15 is 0 Å². The van der Waals surface area contributed by atoms with Crippen LogP contribution in [0.4, 0.5) is 3.89 Å². The van der Waals surface area contributed by atoms with Gasteiger partial charge in [-0.05, 0) is 48.9 Å². The van der Waals surface area contributed by atoms with Crippen LogP contribution in [0.1, 0.15) is 11.1 Å². The first-order chi connectivity index (χ1) is 11.7. The highest BCUT2D eigenvalue weighted by atomic mass is 32.3. The van der Waals surface area contributed by atoms with E-state index in [2.05, 4.69) is 0 Å². The predicted molar refractivity (Wildman–Crippen MR) is 94.8 cm³/mol. The summed E-state index contributed by atoms with van der Waals surface area (Å²) in [6.45, 7) is 1.87. The smallest absolute Gasteiger partial charge is 0.241 e. The zero-order valence-electron chi connectivity index (χ0n) is 13.1. The molecule has 0 N–H and O–H groups in total. The molecule has 0 aliphatic rings. The second-order valence-corrected chi connectivity index (χ2v) is 8.56. The Morgan fingerprint density at radius 3 is 2.28 bits per heavy atom. The van der Waals surface area contributed by atoms with Crippen molar-refractivity contribution in [2.75, 3.05) is 0 Å². The molecule has 0 saturated heterocycles. The van der Waals surface area contributed by atoms with E-state index in [0.717, 1.165) is 15.6 Å². The molecule has 130 valence electrons. The van der Waals surface area contributed by atoms with Crippen molar-refractivity contribution in [3.05, 3.63) is 71.3 Å². The fraction of sp³-hybridized carbons (Fsp3) is 0.0588. The van der Waals surface area contributed by atoms with Crippen molar-refractivity contribution in [1.82, 2.24) is 3.97 Å². The van der Waals surface area contributed by atoms with Gasteiger partial charge in [0.2, 0.25) is 0 Å². The van der Waals surface area contributed by atoms with Crippen LogP contribution in [0.3, 0.4) is 0 Å². The molecule has 0 spiro atoms. The first kappa shape index (κ1) is 17.4. The third kappa shape index (κ3) is 3.64. The molecule has 0 aliphatic carbocycles. The van der Waals surface area contributed by atoms with Crippen LogP contribution in [-0.4, -0.2) is 20.8 Å². The van der Waals surface area contributed by atoms with E-state index in [1.54, 1.807) is 42.5 Å². The second-order valence-electron chi connectivity index (χ2n) is 5.53. The van der Waals surface area contributed by atoms with Crippen LogP contribution in [0.5, 0.6) is 0 Å². The molecule has 0 amide bonds. The van der Waals surface area contributed by atoms with E-state index in [1.165, 1.54) is 12.3 Å². The molecule has 8 heteroatoms. The molecule has 1 heterocycles. The molecule has 0 aliphatic heterocycles. The molecule has 25 heavy (non-hydrogen) atoms. The van der Waals surface area contributed by atoms with Crippen LogP contribution in [0, 0.1) is 6.92 Å². The van der Waals surface area contributed by atoms with E-state index < -0.39 is 20.2 Å². The van der Waals surface area contributed by atoms with E-state index in [0.29, 0.717) is 21.9 Å². The van der Waals surface area contributed by atoms with E-state index in [1.807, 2.05) is 6.92 Å². The van der Waals surface area contributed by atoms with Gasteiger partial charge in [-0.1, -0.05) is 23.8 Å². The first-order valence-corrected chi connectivity index (χ1v) is 10.1. The average Bonchev–Trinajstić information content (AvgIpc) is 2.96. The fourth-order valence-electron chi connectivity index (χ4n) is 2.43. The third-order valence-corrected chi connectivity index (χ3v) is 5.84. The zero-order chi connectivity index (χ0) is 18.2. The predicted octanol–water partition coefficient (Wildman–Crippen LogP) is 3.46. The highest BCUT2D eigenvalue weighted by Gasteiger charge is 2.18. The lowest BCUT2D eigenvalue weighted by atomic mass is 10.1. The van der Waals surface area contributed by atoms with Crippen molar-refractivity contribution in [2.45, 2.75) is 11.8 Å². The van der Waals surface area contributed by atoms with E-state index in [9.17, 15) is 20.7 Å². The van der Waals surface area contributed by atoms with E-state index in [4.69, 9.17) is 0 Å². The maximum absolute atomic E-state index is 12.8. The third-order valence-electron chi connectivity index (χ3n) is 3.68. The van der Waals surface area contributed by atoms with Crippen molar-refractivity contribution < 1.29 is 20.7 Å². The second kappa shape index (κ2) is 6.12. The molecule has 5 nitrogen and oxygen atoms in total. The van der Waals surface area contributed by atoms with Gasteiger partial charge in [-0.2, -0.15) is 8.42 Å². The molecular formula is C17H14FNO4S2. The molecule has 0 unspecified atom stereocenters. The normalized spacial score (nSPS) is 12.9. The van der Waals surface area contributed by atoms with Crippen LogP contribution in [0.25, 0.3) is 17.0 Å². The number of nitrogens with zero attached hydrogens (tertiary/aromatic N) is 1. The SMILES string of the molecule is Cc1ccc(S(=O)(=O)n2ccc3cc(/C=C/S(=O)(=O)F)ccc32)cc1. The van der Waals surface area contributed by atoms with Gasteiger partial charge in [-0.3, -0.25) is 0 Å². The Kier molecular flexibility index (Phi) is 4.26. The summed E-state index contributed by atoms with van der Waals surface area (Å²) in [5, 5.41) is 1.04. The summed E-state index contributed by atoms with van der Waals surface area (Å²) in [7, 11) is -8.46. The van der Waals surface area contributed by atoms with Crippen LogP contribution in [0.15, 0.2) is 65.0 Å². The van der Waals surface area contributed by atoms with Crippen LogP contribution < -0.4 is 0 Å². The number of rotatable bonds is 4. The summed E-state index contributed by atoms with van der Waals surface area (Å²) in [6.07, 6.45) is 2.54. The van der Waals surface area contributed by atoms with Crippen LogP contribution in [-0.2, 0) is 20.2 Å².